The van der Waals surface area contributed by atoms with Gasteiger partial charge in [0.2, 0.25) is 29.5 Å². The summed E-state index contributed by atoms with van der Waals surface area (Å²) in [6.45, 7) is 18.2. The minimum absolute atomic E-state index is 0.0530. The average molecular weight is 1070 g/mol. The molecule has 0 heterocycles. The van der Waals surface area contributed by atoms with E-state index in [1.165, 1.54) is 36.1 Å². The van der Waals surface area contributed by atoms with Crippen LogP contribution in [0.25, 0.3) is 0 Å². The highest BCUT2D eigenvalue weighted by Crippen LogP contribution is 2.11. The SMILES string of the molecule is CCC.CCC(=O)CCCCC(=O)NCCCCC(NC(=O)CNC(=O)C(CCSC)NC(=O)c1ccc(CNC(=O)C(NC(=O)CNC(=O)c2ccc(CNC(C)(C)C)cc2)C(C)C)cc1)C(=O)O.CCSC. The number of hydrogen-bond acceptors (Lipinski definition) is 12. The van der Waals surface area contributed by atoms with E-state index in [-0.39, 0.29) is 54.6 Å². The zero-order valence-corrected chi connectivity index (χ0v) is 47.5. The molecule has 0 aliphatic heterocycles. The van der Waals surface area contributed by atoms with Crippen molar-refractivity contribution in [3.05, 3.63) is 70.8 Å². The molecule has 2 aromatic rings. The van der Waals surface area contributed by atoms with Crippen molar-refractivity contribution in [2.75, 3.05) is 43.7 Å². The third-order valence-electron chi connectivity index (χ3n) is 10.7. The van der Waals surface area contributed by atoms with Crippen LogP contribution in [0.2, 0.25) is 0 Å². The van der Waals surface area contributed by atoms with Crippen LogP contribution in [0.5, 0.6) is 0 Å². The third kappa shape index (κ3) is 32.7. The first-order chi connectivity index (χ1) is 35.0. The molecule has 0 spiro atoms. The van der Waals surface area contributed by atoms with Crippen molar-refractivity contribution in [1.29, 1.82) is 0 Å². The number of carbonyl (C=O) groups is 9. The molecular weight excluding hydrogens is 985 g/mol. The van der Waals surface area contributed by atoms with Crippen LogP contribution in [0.4, 0.5) is 0 Å². The first-order valence-corrected chi connectivity index (χ1v) is 28.5. The molecule has 3 atom stereocenters. The van der Waals surface area contributed by atoms with Crippen molar-refractivity contribution in [1.82, 2.24) is 42.5 Å². The molecule has 20 heteroatoms. The lowest BCUT2D eigenvalue weighted by Gasteiger charge is -2.22. The maximum Gasteiger partial charge on any atom is 0.326 e. The normalized spacial score (nSPS) is 11.9. The number of aliphatic carboxylic acids is 1. The molecule has 0 fully saturated rings. The van der Waals surface area contributed by atoms with Crippen LogP contribution in [0.1, 0.15) is 158 Å². The summed E-state index contributed by atoms with van der Waals surface area (Å²) in [5, 5.41) is 31.5. The standard InChI is InChI=1S/C48H72N8O10S.C3H8S.C3H8/c1-8-36(57)13-9-10-15-39(58)49-25-12-11-14-38(47(65)66)54-40(59)29-52-45(63)37(24-26-67-7)55-44(62)35-22-16-32(17-23-35)27-50-46(64)42(31(2)3)56-41(60)30-51-43(61)34-20-18-33(19-21-34)28-53-48(4,5)6;1-3-4-2;1-3-2/h16-23,31,37-38,42,53H,8-15,24-30H2,1-7H3,(H,49,58)(H,50,64)(H,51,61)(H,52,63)(H,54,59)(H,55,62)(H,56,60)(H,65,66);3H2,1-2H3;3H2,1-2H3. The lowest BCUT2D eigenvalue weighted by atomic mass is 10.0. The predicted molar refractivity (Wildman–Crippen MR) is 298 cm³/mol. The van der Waals surface area contributed by atoms with Crippen LogP contribution in [0.3, 0.4) is 0 Å². The molecule has 0 aliphatic rings. The van der Waals surface area contributed by atoms with Gasteiger partial charge in [0.25, 0.3) is 11.8 Å². The molecule has 0 saturated carbocycles. The Kier molecular flexibility index (Phi) is 37.0. The van der Waals surface area contributed by atoms with Crippen LogP contribution in [-0.2, 0) is 46.7 Å². The number of Topliss-reactive ketones (excluding diaryl/α,β-unsaturated/α-hetero) is 1. The minimum atomic E-state index is -1.24. The van der Waals surface area contributed by atoms with Crippen molar-refractivity contribution in [2.24, 2.45) is 5.92 Å². The molecule has 18 nitrogen and oxygen atoms in total. The van der Waals surface area contributed by atoms with Crippen molar-refractivity contribution in [2.45, 2.75) is 163 Å². The second kappa shape index (κ2) is 39.9. The Bertz CT molecular complexity index is 2010. The van der Waals surface area contributed by atoms with Gasteiger partial charge in [0.1, 0.15) is 23.9 Å². The highest BCUT2D eigenvalue weighted by molar-refractivity contribution is 7.98. The van der Waals surface area contributed by atoms with E-state index < -0.39 is 66.1 Å². The van der Waals surface area contributed by atoms with Crippen LogP contribution >= 0.6 is 23.5 Å². The van der Waals surface area contributed by atoms with Gasteiger partial charge < -0.3 is 47.6 Å². The number of carboxylic acid groups (broad SMARTS) is 1. The Hall–Kier alpha value is -5.47. The lowest BCUT2D eigenvalue weighted by molar-refractivity contribution is -0.142. The first kappa shape index (κ1) is 68.5. The highest BCUT2D eigenvalue weighted by atomic mass is 32.2. The van der Waals surface area contributed by atoms with E-state index in [2.05, 4.69) is 90.3 Å². The number of unbranched alkanes of at least 4 members (excludes halogenated alkanes) is 2. The van der Waals surface area contributed by atoms with Gasteiger partial charge in [-0.15, -0.1) is 0 Å². The number of nitrogens with one attached hydrogen (secondary N) is 8. The molecule has 3 unspecified atom stereocenters. The van der Waals surface area contributed by atoms with E-state index in [0.717, 1.165) is 5.56 Å². The minimum Gasteiger partial charge on any atom is -0.480 e. The summed E-state index contributed by atoms with van der Waals surface area (Å²) in [6, 6.07) is 10.3. The fourth-order valence-corrected chi connectivity index (χ4v) is 6.82. The summed E-state index contributed by atoms with van der Waals surface area (Å²) in [7, 11) is 0. The summed E-state index contributed by atoms with van der Waals surface area (Å²) in [6.07, 6.45) is 8.95. The van der Waals surface area contributed by atoms with Crippen molar-refractivity contribution < 1.29 is 48.3 Å². The number of carbonyl (C=O) groups excluding carboxylic acids is 8. The molecule has 2 rings (SSSR count). The second-order valence-corrected chi connectivity index (χ2v) is 21.0. The molecule has 2 aromatic carbocycles. The zero-order chi connectivity index (χ0) is 56.1. The van der Waals surface area contributed by atoms with E-state index in [0.29, 0.717) is 74.9 Å². The molecule has 0 radical (unpaired) electrons. The molecule has 0 saturated heterocycles. The van der Waals surface area contributed by atoms with Crippen molar-refractivity contribution in [3.8, 4) is 0 Å². The molecular formula is C54H88N8O10S2. The lowest BCUT2D eigenvalue weighted by Crippen LogP contribution is -2.51. The number of rotatable bonds is 32. The smallest absolute Gasteiger partial charge is 0.326 e. The largest absolute Gasteiger partial charge is 0.480 e. The third-order valence-corrected chi connectivity index (χ3v) is 11.9. The Balaban J connectivity index is 0.00000714. The van der Waals surface area contributed by atoms with Crippen molar-refractivity contribution >= 4 is 76.6 Å². The van der Waals surface area contributed by atoms with Crippen molar-refractivity contribution in [3.63, 3.8) is 0 Å². The average Bonchev–Trinajstić information content (AvgIpc) is 3.37. The van der Waals surface area contributed by atoms with E-state index in [1.807, 2.05) is 30.2 Å². The summed E-state index contributed by atoms with van der Waals surface area (Å²) in [5.74, 6) is -3.03. The number of hydrogen-bond donors (Lipinski definition) is 9. The van der Waals surface area contributed by atoms with Gasteiger partial charge in [0, 0.05) is 55.6 Å². The molecule has 0 aromatic heterocycles. The number of ketones is 1. The first-order valence-electron chi connectivity index (χ1n) is 25.7. The van der Waals surface area contributed by atoms with E-state index in [4.69, 9.17) is 0 Å². The van der Waals surface area contributed by atoms with Crippen LogP contribution in [0, 0.1) is 5.92 Å². The fraction of sp³-hybridized carbons (Fsp3) is 0.611. The Morgan fingerprint density at radius 3 is 1.65 bits per heavy atom. The van der Waals surface area contributed by atoms with E-state index in [1.54, 1.807) is 45.0 Å². The number of carboxylic acids is 1. The Morgan fingerprint density at radius 1 is 0.581 bits per heavy atom. The zero-order valence-electron chi connectivity index (χ0n) is 45.9. The Labute approximate surface area is 449 Å². The maximum absolute atomic E-state index is 13.2. The van der Waals surface area contributed by atoms with Gasteiger partial charge in [0.05, 0.1) is 13.1 Å². The van der Waals surface area contributed by atoms with Crippen LogP contribution < -0.4 is 42.5 Å². The molecule has 416 valence electrons. The number of amides is 7. The van der Waals surface area contributed by atoms with Gasteiger partial charge in [-0.2, -0.15) is 23.5 Å². The highest BCUT2D eigenvalue weighted by Gasteiger charge is 2.26. The quantitative estimate of drug-likeness (QED) is 0.0386. The van der Waals surface area contributed by atoms with E-state index in [9.17, 15) is 48.3 Å². The summed E-state index contributed by atoms with van der Waals surface area (Å²) in [5.41, 5.74) is 2.25. The summed E-state index contributed by atoms with van der Waals surface area (Å²) >= 11 is 3.32. The topological polar surface area (TPSA) is 270 Å². The molecule has 74 heavy (non-hydrogen) atoms. The monoisotopic (exact) mass is 1070 g/mol. The Morgan fingerprint density at radius 2 is 1.12 bits per heavy atom. The van der Waals surface area contributed by atoms with Gasteiger partial charge in [-0.05, 0) is 125 Å². The molecule has 9 N–H and O–H groups in total. The summed E-state index contributed by atoms with van der Waals surface area (Å²) in [4.78, 5) is 113. The van der Waals surface area contributed by atoms with Crippen LogP contribution in [-0.4, -0.2) is 126 Å². The number of thioether (sulfide) groups is 2. The van der Waals surface area contributed by atoms with Gasteiger partial charge in [-0.25, -0.2) is 4.79 Å². The van der Waals surface area contributed by atoms with Crippen LogP contribution in [0.15, 0.2) is 48.5 Å². The maximum atomic E-state index is 13.2. The molecule has 7 amide bonds. The van der Waals surface area contributed by atoms with Gasteiger partial charge in [0.15, 0.2) is 0 Å². The van der Waals surface area contributed by atoms with Gasteiger partial charge >= 0.3 is 5.97 Å². The second-order valence-electron chi connectivity index (χ2n) is 18.9. The molecule has 0 aliphatic carbocycles. The predicted octanol–water partition coefficient (Wildman–Crippen LogP) is 5.91. The van der Waals surface area contributed by atoms with Gasteiger partial charge in [-0.3, -0.25) is 38.4 Å². The summed E-state index contributed by atoms with van der Waals surface area (Å²) < 4.78 is 0. The molecule has 0 bridgehead atoms. The van der Waals surface area contributed by atoms with Gasteiger partial charge in [-0.1, -0.05) is 72.2 Å². The fourth-order valence-electron chi connectivity index (χ4n) is 6.35. The van der Waals surface area contributed by atoms with E-state index >= 15 is 0 Å². The number of benzene rings is 2.